The number of para-hydroxylation sites is 1. The molecule has 0 fully saturated rings. The molecule has 0 atom stereocenters. The van der Waals surface area contributed by atoms with Gasteiger partial charge in [-0.25, -0.2) is 4.79 Å². The van der Waals surface area contributed by atoms with E-state index in [-0.39, 0.29) is 0 Å². The zero-order valence-electron chi connectivity index (χ0n) is 9.86. The molecule has 0 unspecified atom stereocenters. The van der Waals surface area contributed by atoms with E-state index in [4.69, 9.17) is 0 Å². The third-order valence-electron chi connectivity index (χ3n) is 3.30. The first kappa shape index (κ1) is 11.0. The number of carboxylic acids is 1. The highest BCUT2D eigenvalue weighted by Crippen LogP contribution is 2.31. The molecule has 0 bridgehead atoms. The highest BCUT2D eigenvalue weighted by molar-refractivity contribution is 6.04. The molecule has 0 spiro atoms. The van der Waals surface area contributed by atoms with Gasteiger partial charge in [-0.15, -0.1) is 0 Å². The molecule has 3 N–H and O–H groups in total. The lowest BCUT2D eigenvalue weighted by atomic mass is 9.97. The van der Waals surface area contributed by atoms with Crippen molar-refractivity contribution in [2.45, 2.75) is 6.42 Å². The molecule has 2 heterocycles. The number of H-pyrrole nitrogens is 1. The average Bonchev–Trinajstić information content (AvgIpc) is 2.79. The van der Waals surface area contributed by atoms with Gasteiger partial charge in [0.25, 0.3) is 0 Å². The van der Waals surface area contributed by atoms with Gasteiger partial charge in [0.1, 0.15) is 5.69 Å². The molecule has 1 aliphatic rings. The minimum atomic E-state index is -0.902. The normalized spacial score (nSPS) is 15.7. The minimum absolute atomic E-state index is 0.296. The summed E-state index contributed by atoms with van der Waals surface area (Å²) in [5.74, 6) is -0.902. The van der Waals surface area contributed by atoms with E-state index in [0.717, 1.165) is 41.5 Å². The van der Waals surface area contributed by atoms with Gasteiger partial charge >= 0.3 is 5.97 Å². The lowest BCUT2D eigenvalue weighted by Crippen LogP contribution is -2.20. The van der Waals surface area contributed by atoms with Gasteiger partial charge in [-0.05, 0) is 24.6 Å². The van der Waals surface area contributed by atoms with Gasteiger partial charge in [-0.2, -0.15) is 0 Å². The number of aromatic carboxylic acids is 1. The molecule has 0 radical (unpaired) electrons. The number of hydrogen-bond donors (Lipinski definition) is 3. The molecule has 0 amide bonds. The van der Waals surface area contributed by atoms with Gasteiger partial charge in [-0.1, -0.05) is 24.3 Å². The molecule has 4 heteroatoms. The maximum absolute atomic E-state index is 11.4. The highest BCUT2D eigenvalue weighted by Gasteiger charge is 2.20. The molecule has 1 aromatic carbocycles. The number of hydrogen-bond acceptors (Lipinski definition) is 2. The summed E-state index contributed by atoms with van der Waals surface area (Å²) in [6.07, 6.45) is 2.94. The van der Waals surface area contributed by atoms with Gasteiger partial charge in [0.05, 0.1) is 0 Å². The van der Waals surface area contributed by atoms with Crippen molar-refractivity contribution in [3.63, 3.8) is 0 Å². The van der Waals surface area contributed by atoms with E-state index >= 15 is 0 Å². The van der Waals surface area contributed by atoms with Crippen molar-refractivity contribution in [3.05, 3.63) is 41.6 Å². The van der Waals surface area contributed by atoms with Gasteiger partial charge in [-0.3, -0.25) is 0 Å². The minimum Gasteiger partial charge on any atom is -0.477 e. The fourth-order valence-electron chi connectivity index (χ4n) is 2.49. The standard InChI is InChI=1S/C14H14N2O2/c17-14(18)13-12(9-5-7-15-8-6-9)10-3-1-2-4-11(10)16-13/h1-5,15-16H,6-8H2,(H,17,18). The third kappa shape index (κ3) is 1.71. The maximum Gasteiger partial charge on any atom is 0.352 e. The quantitative estimate of drug-likeness (QED) is 0.756. The Morgan fingerprint density at radius 3 is 2.83 bits per heavy atom. The van der Waals surface area contributed by atoms with Crippen LogP contribution in [0.2, 0.25) is 0 Å². The summed E-state index contributed by atoms with van der Waals surface area (Å²) in [6, 6.07) is 7.72. The summed E-state index contributed by atoms with van der Waals surface area (Å²) in [5, 5.41) is 13.6. The highest BCUT2D eigenvalue weighted by atomic mass is 16.4. The van der Waals surface area contributed by atoms with Crippen molar-refractivity contribution < 1.29 is 9.90 Å². The molecule has 18 heavy (non-hydrogen) atoms. The van der Waals surface area contributed by atoms with Gasteiger partial charge < -0.3 is 15.4 Å². The zero-order chi connectivity index (χ0) is 12.5. The van der Waals surface area contributed by atoms with Crippen LogP contribution >= 0.6 is 0 Å². The first-order chi connectivity index (χ1) is 8.77. The molecule has 2 aromatic rings. The van der Waals surface area contributed by atoms with Crippen LogP contribution in [-0.2, 0) is 0 Å². The van der Waals surface area contributed by atoms with Crippen molar-refractivity contribution in [2.75, 3.05) is 13.1 Å². The topological polar surface area (TPSA) is 65.1 Å². The van der Waals surface area contributed by atoms with E-state index < -0.39 is 5.97 Å². The summed E-state index contributed by atoms with van der Waals surface area (Å²) in [6.45, 7) is 1.69. The van der Waals surface area contributed by atoms with Gasteiger partial charge in [0, 0.05) is 23.0 Å². The molecular weight excluding hydrogens is 228 g/mol. The first-order valence-electron chi connectivity index (χ1n) is 6.01. The molecule has 1 aromatic heterocycles. The Labute approximate surface area is 104 Å². The summed E-state index contributed by atoms with van der Waals surface area (Å²) < 4.78 is 0. The smallest absolute Gasteiger partial charge is 0.352 e. The van der Waals surface area contributed by atoms with Crippen molar-refractivity contribution in [2.24, 2.45) is 0 Å². The summed E-state index contributed by atoms with van der Waals surface area (Å²) >= 11 is 0. The lowest BCUT2D eigenvalue weighted by molar-refractivity contribution is 0.0691. The van der Waals surface area contributed by atoms with Crippen LogP contribution in [0.25, 0.3) is 16.5 Å². The number of aromatic nitrogens is 1. The summed E-state index contributed by atoms with van der Waals surface area (Å²) in [4.78, 5) is 14.4. The Morgan fingerprint density at radius 2 is 2.11 bits per heavy atom. The van der Waals surface area contributed by atoms with Crippen molar-refractivity contribution in [1.29, 1.82) is 0 Å². The third-order valence-corrected chi connectivity index (χ3v) is 3.30. The molecular formula is C14H14N2O2. The van der Waals surface area contributed by atoms with E-state index in [0.29, 0.717) is 5.69 Å². The number of nitrogens with one attached hydrogen (secondary N) is 2. The van der Waals surface area contributed by atoms with Crippen molar-refractivity contribution in [1.82, 2.24) is 10.3 Å². The first-order valence-corrected chi connectivity index (χ1v) is 6.01. The monoisotopic (exact) mass is 242 g/mol. The second-order valence-corrected chi connectivity index (χ2v) is 4.41. The number of fused-ring (bicyclic) bond motifs is 1. The molecule has 0 aliphatic carbocycles. The number of rotatable bonds is 2. The Bertz CT molecular complexity index is 640. The Balaban J connectivity index is 2.27. The lowest BCUT2D eigenvalue weighted by Gasteiger charge is -2.14. The van der Waals surface area contributed by atoms with Crippen molar-refractivity contribution in [3.8, 4) is 0 Å². The Kier molecular flexibility index (Phi) is 2.64. The van der Waals surface area contributed by atoms with Crippen LogP contribution in [0.1, 0.15) is 22.5 Å². The largest absolute Gasteiger partial charge is 0.477 e. The number of benzene rings is 1. The Morgan fingerprint density at radius 1 is 1.28 bits per heavy atom. The van der Waals surface area contributed by atoms with Crippen LogP contribution in [0.3, 0.4) is 0 Å². The predicted octanol–water partition coefficient (Wildman–Crippen LogP) is 2.24. The molecule has 0 saturated carbocycles. The van der Waals surface area contributed by atoms with Gasteiger partial charge in [0.2, 0.25) is 0 Å². The van der Waals surface area contributed by atoms with E-state index in [1.165, 1.54) is 0 Å². The van der Waals surface area contributed by atoms with E-state index in [1.807, 2.05) is 24.3 Å². The van der Waals surface area contributed by atoms with Crippen LogP contribution in [0.15, 0.2) is 30.3 Å². The predicted molar refractivity (Wildman–Crippen MR) is 70.7 cm³/mol. The van der Waals surface area contributed by atoms with E-state index in [2.05, 4.69) is 16.4 Å². The summed E-state index contributed by atoms with van der Waals surface area (Å²) in [5.41, 5.74) is 3.14. The maximum atomic E-state index is 11.4. The summed E-state index contributed by atoms with van der Waals surface area (Å²) in [7, 11) is 0. The average molecular weight is 242 g/mol. The zero-order valence-corrected chi connectivity index (χ0v) is 9.86. The van der Waals surface area contributed by atoms with E-state index in [1.54, 1.807) is 0 Å². The molecule has 0 saturated heterocycles. The molecule has 4 nitrogen and oxygen atoms in total. The fraction of sp³-hybridized carbons (Fsp3) is 0.214. The van der Waals surface area contributed by atoms with Crippen LogP contribution in [-0.4, -0.2) is 29.1 Å². The van der Waals surface area contributed by atoms with Gasteiger partial charge in [0.15, 0.2) is 0 Å². The SMILES string of the molecule is O=C(O)c1[nH]c2ccccc2c1C1=CCNCC1. The molecule has 92 valence electrons. The number of carbonyl (C=O) groups is 1. The van der Waals surface area contributed by atoms with Crippen LogP contribution in [0.5, 0.6) is 0 Å². The van der Waals surface area contributed by atoms with Crippen LogP contribution < -0.4 is 5.32 Å². The van der Waals surface area contributed by atoms with Crippen LogP contribution in [0.4, 0.5) is 0 Å². The number of carboxylic acid groups (broad SMARTS) is 1. The molecule has 3 rings (SSSR count). The fourth-order valence-corrected chi connectivity index (χ4v) is 2.49. The second kappa shape index (κ2) is 4.31. The number of aromatic amines is 1. The van der Waals surface area contributed by atoms with E-state index in [9.17, 15) is 9.90 Å². The van der Waals surface area contributed by atoms with Crippen LogP contribution in [0, 0.1) is 0 Å². The second-order valence-electron chi connectivity index (χ2n) is 4.41. The molecule has 1 aliphatic heterocycles. The Hall–Kier alpha value is -2.07. The van der Waals surface area contributed by atoms with Crippen molar-refractivity contribution >= 4 is 22.4 Å².